The van der Waals surface area contributed by atoms with Crippen LogP contribution in [0.3, 0.4) is 0 Å². The summed E-state index contributed by atoms with van der Waals surface area (Å²) in [6, 6.07) is 11.3. The van der Waals surface area contributed by atoms with Gasteiger partial charge in [-0.2, -0.15) is 0 Å². The lowest BCUT2D eigenvalue weighted by atomic mass is 10.1. The number of benzene rings is 2. The van der Waals surface area contributed by atoms with Gasteiger partial charge in [0.25, 0.3) is 5.91 Å². The monoisotopic (exact) mass is 295 g/mol. The molecular weight excluding hydrogens is 274 g/mol. The minimum absolute atomic E-state index is 0.123. The van der Waals surface area contributed by atoms with Crippen LogP contribution in [0.25, 0.3) is 0 Å². The first-order valence-corrected chi connectivity index (χ1v) is 7.22. The molecule has 0 aliphatic heterocycles. The van der Waals surface area contributed by atoms with Gasteiger partial charge in [-0.15, -0.1) is 6.58 Å². The summed E-state index contributed by atoms with van der Waals surface area (Å²) in [6.45, 7) is 7.77. The maximum Gasteiger partial charge on any atom is 0.255 e. The molecule has 114 valence electrons. The van der Waals surface area contributed by atoms with Gasteiger partial charge in [-0.1, -0.05) is 18.2 Å². The molecule has 0 radical (unpaired) electrons. The summed E-state index contributed by atoms with van der Waals surface area (Å²) in [6.07, 6.45) is 2.46. The average molecular weight is 295 g/mol. The van der Waals surface area contributed by atoms with E-state index in [0.717, 1.165) is 28.1 Å². The molecule has 0 aliphatic carbocycles. The molecule has 0 fully saturated rings. The molecule has 0 atom stereocenters. The molecule has 3 heteroatoms. The summed E-state index contributed by atoms with van der Waals surface area (Å²) in [5.74, 6) is 0.643. The number of ether oxygens (including phenoxy) is 1. The molecule has 0 aliphatic rings. The van der Waals surface area contributed by atoms with Gasteiger partial charge in [0.15, 0.2) is 0 Å². The van der Waals surface area contributed by atoms with E-state index < -0.39 is 0 Å². The standard InChI is InChI=1S/C19H21NO2/c1-5-7-15-12-16(10-11-18(15)22-4)19(21)20-17-9-6-8-13(2)14(17)3/h5-6,8-12H,1,7H2,2-4H3,(H,20,21). The highest BCUT2D eigenvalue weighted by Crippen LogP contribution is 2.23. The topological polar surface area (TPSA) is 38.3 Å². The molecule has 1 amide bonds. The van der Waals surface area contributed by atoms with E-state index >= 15 is 0 Å². The first kappa shape index (κ1) is 15.8. The largest absolute Gasteiger partial charge is 0.496 e. The van der Waals surface area contributed by atoms with Crippen molar-refractivity contribution in [2.45, 2.75) is 20.3 Å². The second kappa shape index (κ2) is 6.94. The molecular formula is C19H21NO2. The van der Waals surface area contributed by atoms with Gasteiger partial charge in [-0.3, -0.25) is 4.79 Å². The highest BCUT2D eigenvalue weighted by Gasteiger charge is 2.11. The molecule has 0 spiro atoms. The third-order valence-corrected chi connectivity index (χ3v) is 3.76. The Kier molecular flexibility index (Phi) is 4.99. The van der Waals surface area contributed by atoms with Crippen LogP contribution in [0.15, 0.2) is 49.1 Å². The van der Waals surface area contributed by atoms with Crippen LogP contribution in [0.1, 0.15) is 27.0 Å². The van der Waals surface area contributed by atoms with Crippen molar-refractivity contribution >= 4 is 11.6 Å². The van der Waals surface area contributed by atoms with Crippen molar-refractivity contribution in [3.63, 3.8) is 0 Å². The van der Waals surface area contributed by atoms with Crippen molar-refractivity contribution in [3.8, 4) is 5.75 Å². The minimum atomic E-state index is -0.123. The summed E-state index contributed by atoms with van der Waals surface area (Å²) in [7, 11) is 1.62. The second-order valence-electron chi connectivity index (χ2n) is 5.22. The molecule has 3 nitrogen and oxygen atoms in total. The molecule has 0 heterocycles. The predicted octanol–water partition coefficient (Wildman–Crippen LogP) is 4.29. The zero-order chi connectivity index (χ0) is 16.1. The zero-order valence-electron chi connectivity index (χ0n) is 13.3. The third kappa shape index (κ3) is 3.37. The second-order valence-corrected chi connectivity index (χ2v) is 5.22. The molecule has 2 aromatic carbocycles. The van der Waals surface area contributed by atoms with Crippen LogP contribution in [0, 0.1) is 13.8 Å². The molecule has 2 aromatic rings. The van der Waals surface area contributed by atoms with Gasteiger partial charge >= 0.3 is 0 Å². The first-order chi connectivity index (χ1) is 10.6. The number of nitrogens with one attached hydrogen (secondary N) is 1. The number of anilines is 1. The normalized spacial score (nSPS) is 10.1. The highest BCUT2D eigenvalue weighted by molar-refractivity contribution is 6.05. The van der Waals surface area contributed by atoms with Gasteiger partial charge in [0, 0.05) is 11.3 Å². The number of methoxy groups -OCH3 is 1. The lowest BCUT2D eigenvalue weighted by molar-refractivity contribution is 0.102. The molecule has 1 N–H and O–H groups in total. The Morgan fingerprint density at radius 2 is 2.05 bits per heavy atom. The van der Waals surface area contributed by atoms with Crippen LogP contribution >= 0.6 is 0 Å². The van der Waals surface area contributed by atoms with Crippen molar-refractivity contribution < 1.29 is 9.53 Å². The van der Waals surface area contributed by atoms with E-state index in [9.17, 15) is 4.79 Å². The van der Waals surface area contributed by atoms with E-state index in [-0.39, 0.29) is 5.91 Å². The van der Waals surface area contributed by atoms with Crippen LogP contribution in [0.5, 0.6) is 5.75 Å². The quantitative estimate of drug-likeness (QED) is 0.835. The van der Waals surface area contributed by atoms with Crippen LogP contribution in [0.2, 0.25) is 0 Å². The van der Waals surface area contributed by atoms with Crippen LogP contribution in [-0.2, 0) is 6.42 Å². The number of rotatable bonds is 5. The van der Waals surface area contributed by atoms with Crippen LogP contribution in [-0.4, -0.2) is 13.0 Å². The smallest absolute Gasteiger partial charge is 0.255 e. The highest BCUT2D eigenvalue weighted by atomic mass is 16.5. The van der Waals surface area contributed by atoms with E-state index in [1.807, 2.05) is 44.2 Å². The Labute approximate surface area is 131 Å². The fourth-order valence-electron chi connectivity index (χ4n) is 2.32. The fraction of sp³-hybridized carbons (Fsp3) is 0.211. The van der Waals surface area contributed by atoms with E-state index in [2.05, 4.69) is 11.9 Å². The molecule has 0 saturated carbocycles. The summed E-state index contributed by atoms with van der Waals surface area (Å²) >= 11 is 0. The van der Waals surface area contributed by atoms with E-state index in [1.54, 1.807) is 19.3 Å². The third-order valence-electron chi connectivity index (χ3n) is 3.76. The average Bonchev–Trinajstić information content (AvgIpc) is 2.52. The van der Waals surface area contributed by atoms with E-state index in [1.165, 1.54) is 0 Å². The summed E-state index contributed by atoms with van der Waals surface area (Å²) in [5, 5.41) is 2.97. The van der Waals surface area contributed by atoms with Crippen LogP contribution in [0.4, 0.5) is 5.69 Å². The molecule has 0 aromatic heterocycles. The van der Waals surface area contributed by atoms with Crippen molar-refractivity contribution in [1.29, 1.82) is 0 Å². The van der Waals surface area contributed by atoms with Crippen molar-refractivity contribution in [3.05, 3.63) is 71.3 Å². The summed E-state index contributed by atoms with van der Waals surface area (Å²) < 4.78 is 5.31. The minimum Gasteiger partial charge on any atom is -0.496 e. The Morgan fingerprint density at radius 1 is 1.27 bits per heavy atom. The Balaban J connectivity index is 2.27. The maximum absolute atomic E-state index is 12.5. The number of amides is 1. The van der Waals surface area contributed by atoms with Gasteiger partial charge < -0.3 is 10.1 Å². The Bertz CT molecular complexity index is 705. The maximum atomic E-state index is 12.5. The van der Waals surface area contributed by atoms with E-state index in [0.29, 0.717) is 12.0 Å². The number of allylic oxidation sites excluding steroid dienone is 1. The van der Waals surface area contributed by atoms with E-state index in [4.69, 9.17) is 4.74 Å². The Morgan fingerprint density at radius 3 is 2.73 bits per heavy atom. The molecule has 0 bridgehead atoms. The molecule has 22 heavy (non-hydrogen) atoms. The van der Waals surface area contributed by atoms with Crippen molar-refractivity contribution in [1.82, 2.24) is 0 Å². The SMILES string of the molecule is C=CCc1cc(C(=O)Nc2cccc(C)c2C)ccc1OC. The number of hydrogen-bond acceptors (Lipinski definition) is 2. The lowest BCUT2D eigenvalue weighted by Gasteiger charge is -2.12. The molecule has 0 unspecified atom stereocenters. The summed E-state index contributed by atoms with van der Waals surface area (Å²) in [4.78, 5) is 12.5. The molecule has 2 rings (SSSR count). The zero-order valence-corrected chi connectivity index (χ0v) is 13.3. The van der Waals surface area contributed by atoms with Crippen LogP contribution < -0.4 is 10.1 Å². The number of carbonyl (C=O) groups excluding carboxylic acids is 1. The Hall–Kier alpha value is -2.55. The number of carbonyl (C=O) groups is 1. The lowest BCUT2D eigenvalue weighted by Crippen LogP contribution is -2.13. The van der Waals surface area contributed by atoms with Gasteiger partial charge in [0.05, 0.1) is 7.11 Å². The van der Waals surface area contributed by atoms with Gasteiger partial charge in [-0.25, -0.2) is 0 Å². The van der Waals surface area contributed by atoms with Gasteiger partial charge in [-0.05, 0) is 61.2 Å². The van der Waals surface area contributed by atoms with Gasteiger partial charge in [0.2, 0.25) is 0 Å². The number of aryl methyl sites for hydroxylation is 1. The summed E-state index contributed by atoms with van der Waals surface area (Å²) in [5.41, 5.74) is 4.63. The van der Waals surface area contributed by atoms with Crippen molar-refractivity contribution in [2.24, 2.45) is 0 Å². The van der Waals surface area contributed by atoms with Gasteiger partial charge in [0.1, 0.15) is 5.75 Å². The van der Waals surface area contributed by atoms with Crippen molar-refractivity contribution in [2.75, 3.05) is 12.4 Å². The first-order valence-electron chi connectivity index (χ1n) is 7.22. The number of hydrogen-bond donors (Lipinski definition) is 1. The predicted molar refractivity (Wildman–Crippen MR) is 90.8 cm³/mol. The fourth-order valence-corrected chi connectivity index (χ4v) is 2.32. The molecule has 0 saturated heterocycles.